The van der Waals surface area contributed by atoms with E-state index < -0.39 is 23.8 Å². The number of imide groups is 1. The molecule has 2 bridgehead atoms. The Hall–Kier alpha value is -5.71. The number of aromatic nitrogens is 5. The zero-order chi connectivity index (χ0) is 38.0. The first-order valence-corrected chi connectivity index (χ1v) is 18.5. The van der Waals surface area contributed by atoms with Crippen molar-refractivity contribution >= 4 is 51.6 Å². The molecule has 1 aromatic carbocycles. The van der Waals surface area contributed by atoms with Crippen molar-refractivity contribution in [3.8, 4) is 5.75 Å². The van der Waals surface area contributed by atoms with Crippen LogP contribution in [0.2, 0.25) is 0 Å². The molecule has 4 aliphatic rings. The van der Waals surface area contributed by atoms with Gasteiger partial charge in [0.15, 0.2) is 5.65 Å². The van der Waals surface area contributed by atoms with Crippen LogP contribution >= 0.6 is 0 Å². The van der Waals surface area contributed by atoms with Crippen LogP contribution in [0.5, 0.6) is 5.75 Å². The molecule has 0 radical (unpaired) electrons. The van der Waals surface area contributed by atoms with E-state index in [4.69, 9.17) is 14.8 Å². The summed E-state index contributed by atoms with van der Waals surface area (Å²) in [6, 6.07) is 11.4. The van der Waals surface area contributed by atoms with Crippen LogP contribution < -0.4 is 25.2 Å². The second-order valence-corrected chi connectivity index (χ2v) is 14.9. The third-order valence-electron chi connectivity index (χ3n) is 11.5. The molecular formula is C38H39F3N10O4. The number of anilines is 3. The summed E-state index contributed by atoms with van der Waals surface area (Å²) in [4.78, 5) is 52.0. The third-order valence-corrected chi connectivity index (χ3v) is 11.5. The minimum absolute atomic E-state index is 0.226. The predicted octanol–water partition coefficient (Wildman–Crippen LogP) is 5.50. The lowest BCUT2D eigenvalue weighted by Gasteiger charge is -2.38. The minimum atomic E-state index is -4.66. The molecule has 14 nitrogen and oxygen atoms in total. The van der Waals surface area contributed by atoms with E-state index in [-0.39, 0.29) is 24.1 Å². The van der Waals surface area contributed by atoms with Gasteiger partial charge >= 0.3 is 12.2 Å². The van der Waals surface area contributed by atoms with Crippen molar-refractivity contribution in [2.45, 2.75) is 62.8 Å². The van der Waals surface area contributed by atoms with Crippen molar-refractivity contribution in [1.29, 1.82) is 0 Å². The van der Waals surface area contributed by atoms with E-state index in [1.165, 1.54) is 13.2 Å². The molecule has 9 rings (SSSR count). The smallest absolute Gasteiger partial charge is 0.433 e. The van der Waals surface area contributed by atoms with E-state index in [0.29, 0.717) is 47.3 Å². The maximum absolute atomic E-state index is 13.2. The first-order valence-electron chi connectivity index (χ1n) is 18.5. The number of amides is 4. The van der Waals surface area contributed by atoms with Gasteiger partial charge in [-0.3, -0.25) is 33.8 Å². The van der Waals surface area contributed by atoms with E-state index in [9.17, 15) is 27.6 Å². The van der Waals surface area contributed by atoms with Gasteiger partial charge in [0, 0.05) is 68.5 Å². The molecule has 2 N–H and O–H groups in total. The molecule has 1 saturated carbocycles. The zero-order valence-corrected chi connectivity index (χ0v) is 30.0. The van der Waals surface area contributed by atoms with Crippen LogP contribution in [-0.4, -0.2) is 92.3 Å². The Morgan fingerprint density at radius 2 is 1.87 bits per heavy atom. The number of hydrogen-bond donors (Lipinski definition) is 2. The number of carbonyl (C=O) groups is 3. The number of methoxy groups -OCH3 is 1. The summed E-state index contributed by atoms with van der Waals surface area (Å²) in [6.45, 7) is 3.29. The lowest BCUT2D eigenvalue weighted by Crippen LogP contribution is -2.50. The Kier molecular flexibility index (Phi) is 8.62. The molecule has 4 aromatic heterocycles. The first kappa shape index (κ1) is 35.0. The summed E-state index contributed by atoms with van der Waals surface area (Å²) < 4.78 is 48.9. The van der Waals surface area contributed by atoms with Crippen LogP contribution in [0.3, 0.4) is 0 Å². The summed E-state index contributed by atoms with van der Waals surface area (Å²) in [7, 11) is 1.46. The molecule has 2 atom stereocenters. The highest BCUT2D eigenvalue weighted by Gasteiger charge is 2.45. The second kappa shape index (κ2) is 13.5. The van der Waals surface area contributed by atoms with Crippen molar-refractivity contribution in [3.63, 3.8) is 0 Å². The molecule has 0 spiro atoms. The highest BCUT2D eigenvalue weighted by Crippen LogP contribution is 2.40. The minimum Gasteiger partial charge on any atom is -0.494 e. The molecule has 55 heavy (non-hydrogen) atoms. The van der Waals surface area contributed by atoms with Gasteiger partial charge in [-0.05, 0) is 68.4 Å². The maximum atomic E-state index is 13.2. The van der Waals surface area contributed by atoms with Gasteiger partial charge in [0.2, 0.25) is 5.91 Å². The maximum Gasteiger partial charge on any atom is 0.433 e. The highest BCUT2D eigenvalue weighted by molar-refractivity contribution is 6.06. The summed E-state index contributed by atoms with van der Waals surface area (Å²) in [5.74, 6) is 0.535. The Morgan fingerprint density at radius 3 is 2.62 bits per heavy atom. The number of ether oxygens (including phenoxy) is 1. The van der Waals surface area contributed by atoms with E-state index in [0.717, 1.165) is 80.6 Å². The number of benzene rings is 1. The number of hydrogen-bond acceptors (Lipinski definition) is 9. The van der Waals surface area contributed by atoms with Gasteiger partial charge in [0.1, 0.15) is 23.0 Å². The molecule has 4 fully saturated rings. The van der Waals surface area contributed by atoms with Gasteiger partial charge in [-0.15, -0.1) is 0 Å². The number of pyridine rings is 2. The number of likely N-dealkylation sites (tertiary alicyclic amines) is 1. The summed E-state index contributed by atoms with van der Waals surface area (Å²) in [5, 5.41) is 10.7. The summed E-state index contributed by atoms with van der Waals surface area (Å²) in [5.41, 5.74) is 1.39. The molecule has 4 amide bonds. The van der Waals surface area contributed by atoms with E-state index >= 15 is 0 Å². The van der Waals surface area contributed by atoms with Gasteiger partial charge in [0.05, 0.1) is 36.2 Å². The molecule has 3 aliphatic heterocycles. The Balaban J connectivity index is 0.815. The van der Waals surface area contributed by atoms with Crippen molar-refractivity contribution in [1.82, 2.24) is 34.4 Å². The molecule has 7 heterocycles. The molecule has 3 saturated heterocycles. The van der Waals surface area contributed by atoms with Crippen molar-refractivity contribution in [2.24, 2.45) is 5.92 Å². The lowest BCUT2D eigenvalue weighted by molar-refractivity contribution is -0.141. The van der Waals surface area contributed by atoms with Crippen LogP contribution in [0.15, 0.2) is 61.1 Å². The van der Waals surface area contributed by atoms with E-state index in [1.807, 2.05) is 27.5 Å². The molecule has 286 valence electrons. The van der Waals surface area contributed by atoms with Crippen molar-refractivity contribution in [3.05, 3.63) is 72.4 Å². The highest BCUT2D eigenvalue weighted by atomic mass is 19.4. The number of rotatable bonds is 8. The normalized spacial score (nSPS) is 23.2. The number of fused-ring (bicyclic) bond motifs is 4. The first-order chi connectivity index (χ1) is 26.5. The quantitative estimate of drug-likeness (QED) is 0.210. The fourth-order valence-corrected chi connectivity index (χ4v) is 8.81. The van der Waals surface area contributed by atoms with Crippen LogP contribution in [0.1, 0.15) is 60.7 Å². The van der Waals surface area contributed by atoms with E-state index in [2.05, 4.69) is 31.5 Å². The molecule has 1 aliphatic carbocycles. The molecule has 5 aromatic rings. The van der Waals surface area contributed by atoms with Crippen LogP contribution in [0.4, 0.5) is 35.2 Å². The molecular weight excluding hydrogens is 717 g/mol. The third kappa shape index (κ3) is 6.49. The number of halogens is 3. The average Bonchev–Trinajstić information content (AvgIpc) is 3.98. The van der Waals surface area contributed by atoms with Gasteiger partial charge in [-0.2, -0.15) is 18.3 Å². The van der Waals surface area contributed by atoms with E-state index in [1.54, 1.807) is 23.2 Å². The standard InChI is InChI=1S/C38H39F3N10O4/c1-55-31-16-28-23(14-29(31)44-36(53)27-4-2-6-32(43-27)38(39,40)41)19-51(46-28)24-9-7-22(8-10-24)18-47-20-26-15-25(47)21-50(26)30-5-3-12-48-34(17-42-35(30)48)49-13-11-33(52)45-37(49)54/h2-6,12,14,16-17,19,22,24-26H,7-11,13,15,18,20-21H2,1H3,(H,44,53)(H,45,52,54)/t22-,24-,25-,26-/m1/s1. The monoisotopic (exact) mass is 756 g/mol. The number of nitrogens with one attached hydrogen (secondary N) is 2. The number of urea groups is 1. The number of piperazine rings is 1. The van der Waals surface area contributed by atoms with Crippen molar-refractivity contribution < 1.29 is 32.3 Å². The van der Waals surface area contributed by atoms with Gasteiger partial charge in [-0.1, -0.05) is 6.07 Å². The predicted molar refractivity (Wildman–Crippen MR) is 196 cm³/mol. The zero-order valence-electron chi connectivity index (χ0n) is 30.0. The summed E-state index contributed by atoms with van der Waals surface area (Å²) >= 11 is 0. The topological polar surface area (TPSA) is 142 Å². The van der Waals surface area contributed by atoms with Crippen LogP contribution in [0, 0.1) is 5.92 Å². The number of nitrogens with zero attached hydrogens (tertiary/aromatic N) is 8. The number of imidazole rings is 1. The largest absolute Gasteiger partial charge is 0.494 e. The fraction of sp³-hybridized carbons (Fsp3) is 0.421. The Morgan fingerprint density at radius 1 is 1.04 bits per heavy atom. The number of carbonyl (C=O) groups excluding carboxylic acids is 3. The van der Waals surface area contributed by atoms with Crippen LogP contribution in [-0.2, 0) is 11.0 Å². The van der Waals surface area contributed by atoms with Gasteiger partial charge in [-0.25, -0.2) is 14.8 Å². The SMILES string of the molecule is COc1cc2nn([C@H]3CC[C@H](CN4C[C@H]5C[C@@H]4CN5c4cccn5c(N6CCC(=O)NC6=O)cnc45)CC3)cc2cc1NC(=O)c1cccc(C(F)(F)F)n1. The molecule has 17 heteroatoms. The molecule has 0 unspecified atom stereocenters. The lowest BCUT2D eigenvalue weighted by atomic mass is 9.85. The van der Waals surface area contributed by atoms with Gasteiger partial charge in [0.25, 0.3) is 5.91 Å². The van der Waals surface area contributed by atoms with Crippen LogP contribution in [0.25, 0.3) is 16.6 Å². The summed E-state index contributed by atoms with van der Waals surface area (Å²) in [6.07, 6.45) is 6.40. The Bertz CT molecular complexity index is 2320. The van der Waals surface area contributed by atoms with Gasteiger partial charge < -0.3 is 15.0 Å². The second-order valence-electron chi connectivity index (χ2n) is 14.9. The fourth-order valence-electron chi connectivity index (χ4n) is 8.81. The average molecular weight is 757 g/mol. The Labute approximate surface area is 313 Å². The van der Waals surface area contributed by atoms with Crippen molar-refractivity contribution in [2.75, 3.05) is 48.4 Å². The number of alkyl halides is 3.